The van der Waals surface area contributed by atoms with Crippen LogP contribution in [0, 0.1) is 0 Å². The van der Waals surface area contributed by atoms with E-state index in [9.17, 15) is 0 Å². The second kappa shape index (κ2) is 13.7. The minimum absolute atomic E-state index is 0.0796. The predicted octanol–water partition coefficient (Wildman–Crippen LogP) is 14.4. The fourth-order valence-corrected chi connectivity index (χ4v) is 11.2. The fourth-order valence-electron chi connectivity index (χ4n) is 11.2. The van der Waals surface area contributed by atoms with Crippen LogP contribution in [0.4, 0.5) is 0 Å². The van der Waals surface area contributed by atoms with Gasteiger partial charge in [-0.3, -0.25) is 0 Å². The molecule has 0 saturated carbocycles. The van der Waals surface area contributed by atoms with E-state index in [-0.39, 0.29) is 17.0 Å². The zero-order chi connectivity index (χ0) is 41.7. The van der Waals surface area contributed by atoms with Gasteiger partial charge in [-0.2, -0.15) is 0 Å². The standard InChI is InChI=1S/C59H47N3/c1-58(2)51-27-15-13-24-49(51)54-46(25-16-28-52(54)58)43-32-34-48(42-22-11-9-20-40(42)43)57-61-55(37-29-30-45-44-23-12-14-26-50(44)59(3,4)53(45)35-37)60-56(62-57)47-33-31-38(36-17-6-5-7-18-36)39-19-8-10-21-41(39)47/h5-17,19-36,56H,18H2,1-4H3,(H,60,61,62). The number of nitrogens with zero attached hydrogens (tertiary/aromatic N) is 2. The Morgan fingerprint density at radius 3 is 1.84 bits per heavy atom. The average Bonchev–Trinajstić information content (AvgIpc) is 3.70. The van der Waals surface area contributed by atoms with Gasteiger partial charge in [0.1, 0.15) is 12.0 Å². The van der Waals surface area contributed by atoms with Crippen LogP contribution < -0.4 is 5.32 Å². The molecule has 1 heterocycles. The lowest BCUT2D eigenvalue weighted by Gasteiger charge is -2.27. The maximum Gasteiger partial charge on any atom is 0.160 e. The molecule has 0 amide bonds. The third-order valence-corrected chi connectivity index (χ3v) is 14.3. The molecule has 0 spiro atoms. The largest absolute Gasteiger partial charge is 0.344 e. The Morgan fingerprint density at radius 1 is 0.484 bits per heavy atom. The summed E-state index contributed by atoms with van der Waals surface area (Å²) in [5.74, 6) is 1.90. The van der Waals surface area contributed by atoms with Crippen molar-refractivity contribution in [2.24, 2.45) is 9.98 Å². The van der Waals surface area contributed by atoms with Gasteiger partial charge in [-0.25, -0.2) is 9.98 Å². The number of rotatable bonds is 5. The van der Waals surface area contributed by atoms with E-state index >= 15 is 0 Å². The van der Waals surface area contributed by atoms with Crippen molar-refractivity contribution in [3.63, 3.8) is 0 Å². The molecule has 3 nitrogen and oxygen atoms in total. The minimum atomic E-state index is -0.369. The molecular formula is C59H47N3. The van der Waals surface area contributed by atoms with E-state index in [2.05, 4.69) is 215 Å². The van der Waals surface area contributed by atoms with Crippen molar-refractivity contribution >= 4 is 33.2 Å². The molecule has 2 atom stereocenters. The highest BCUT2D eigenvalue weighted by Gasteiger charge is 2.38. The van der Waals surface area contributed by atoms with Crippen molar-refractivity contribution in [1.82, 2.24) is 5.32 Å². The molecule has 62 heavy (non-hydrogen) atoms. The number of allylic oxidation sites excluding steroid dienone is 4. The Kier molecular flexibility index (Phi) is 8.12. The van der Waals surface area contributed by atoms with E-state index in [0.717, 1.165) is 40.2 Å². The third kappa shape index (κ3) is 5.44. The molecule has 3 aliphatic carbocycles. The van der Waals surface area contributed by atoms with Gasteiger partial charge in [-0.15, -0.1) is 0 Å². The van der Waals surface area contributed by atoms with Crippen LogP contribution in [0.25, 0.3) is 54.9 Å². The molecule has 0 bridgehead atoms. The Bertz CT molecular complexity index is 3320. The van der Waals surface area contributed by atoms with Gasteiger partial charge in [0.25, 0.3) is 0 Å². The summed E-state index contributed by atoms with van der Waals surface area (Å²) in [5.41, 5.74) is 17.5. The van der Waals surface area contributed by atoms with E-state index < -0.39 is 0 Å². The molecule has 1 N–H and O–H groups in total. The molecule has 2 unspecified atom stereocenters. The second-order valence-corrected chi connectivity index (χ2v) is 18.4. The summed E-state index contributed by atoms with van der Waals surface area (Å²) >= 11 is 0. The number of amidine groups is 2. The Morgan fingerprint density at radius 2 is 1.06 bits per heavy atom. The van der Waals surface area contributed by atoms with Gasteiger partial charge in [0, 0.05) is 33.4 Å². The van der Waals surface area contributed by atoms with E-state index in [0.29, 0.717) is 5.92 Å². The van der Waals surface area contributed by atoms with Crippen molar-refractivity contribution in [3.8, 4) is 33.4 Å². The highest BCUT2D eigenvalue weighted by atomic mass is 15.2. The molecule has 3 heteroatoms. The van der Waals surface area contributed by atoms with Crippen LogP contribution >= 0.6 is 0 Å². The minimum Gasteiger partial charge on any atom is -0.344 e. The number of fused-ring (bicyclic) bond motifs is 8. The topological polar surface area (TPSA) is 36.8 Å². The smallest absolute Gasteiger partial charge is 0.160 e. The Hall–Kier alpha value is -7.10. The van der Waals surface area contributed by atoms with Gasteiger partial charge in [0.15, 0.2) is 5.84 Å². The van der Waals surface area contributed by atoms with Crippen LogP contribution in [0.3, 0.4) is 0 Å². The van der Waals surface area contributed by atoms with Crippen molar-refractivity contribution in [2.75, 3.05) is 0 Å². The third-order valence-electron chi connectivity index (χ3n) is 14.3. The summed E-state index contributed by atoms with van der Waals surface area (Å²) < 4.78 is 0. The zero-order valence-electron chi connectivity index (χ0n) is 35.6. The molecule has 0 aromatic heterocycles. The highest BCUT2D eigenvalue weighted by Crippen LogP contribution is 2.53. The number of hydrogen-bond acceptors (Lipinski definition) is 3. The summed E-state index contributed by atoms with van der Waals surface area (Å²) in [5, 5.41) is 8.69. The van der Waals surface area contributed by atoms with E-state index in [1.165, 1.54) is 77.4 Å². The highest BCUT2D eigenvalue weighted by molar-refractivity contribution is 6.19. The molecular weight excluding hydrogens is 751 g/mol. The Balaban J connectivity index is 1.04. The van der Waals surface area contributed by atoms with Gasteiger partial charge < -0.3 is 5.32 Å². The summed E-state index contributed by atoms with van der Waals surface area (Å²) in [7, 11) is 0. The lowest BCUT2D eigenvalue weighted by Crippen LogP contribution is -2.34. The number of aliphatic imine (C=N–C) groups is 2. The maximum atomic E-state index is 5.58. The van der Waals surface area contributed by atoms with Gasteiger partial charge in [-0.1, -0.05) is 198 Å². The predicted molar refractivity (Wildman–Crippen MR) is 259 cm³/mol. The van der Waals surface area contributed by atoms with E-state index in [1.807, 2.05) is 0 Å². The molecule has 298 valence electrons. The van der Waals surface area contributed by atoms with Gasteiger partial charge >= 0.3 is 0 Å². The first-order chi connectivity index (χ1) is 30.3. The lowest BCUT2D eigenvalue weighted by atomic mass is 9.81. The first-order valence-corrected chi connectivity index (χ1v) is 22.1. The van der Waals surface area contributed by atoms with Crippen molar-refractivity contribution in [3.05, 3.63) is 227 Å². The van der Waals surface area contributed by atoms with Crippen molar-refractivity contribution in [2.45, 2.75) is 57.0 Å². The first kappa shape index (κ1) is 36.7. The lowest BCUT2D eigenvalue weighted by molar-refractivity contribution is 0.659. The summed E-state index contributed by atoms with van der Waals surface area (Å²) in [6.45, 7) is 9.39. The fraction of sp³-hybridized carbons (Fsp3) is 0.153. The number of nitrogens with one attached hydrogen (secondary N) is 1. The number of benzene rings is 8. The Labute approximate surface area is 363 Å². The van der Waals surface area contributed by atoms with E-state index in [1.54, 1.807) is 0 Å². The van der Waals surface area contributed by atoms with Gasteiger partial charge in [0.2, 0.25) is 0 Å². The van der Waals surface area contributed by atoms with Crippen LogP contribution in [0.15, 0.2) is 192 Å². The van der Waals surface area contributed by atoms with Gasteiger partial charge in [0.05, 0.1) is 0 Å². The molecule has 0 saturated heterocycles. The van der Waals surface area contributed by atoms with Crippen LogP contribution in [0.2, 0.25) is 0 Å². The molecule has 8 aromatic carbocycles. The normalized spacial score (nSPS) is 18.7. The van der Waals surface area contributed by atoms with Gasteiger partial charge in [-0.05, 0) is 101 Å². The zero-order valence-corrected chi connectivity index (χ0v) is 35.6. The quantitative estimate of drug-likeness (QED) is 0.185. The molecule has 1 aliphatic heterocycles. The number of hydrogen-bond donors (Lipinski definition) is 1. The van der Waals surface area contributed by atoms with Crippen LogP contribution in [-0.4, -0.2) is 11.7 Å². The van der Waals surface area contributed by atoms with Crippen molar-refractivity contribution in [1.29, 1.82) is 0 Å². The SMILES string of the molecule is CC1(C)c2ccccc2-c2ccc(C3=NC(c4ccc(-c5cccc6c5-c5ccccc5C6(C)C)c5ccccc45)=NC(c4ccc(C5C=CC=CC5)c5ccccc45)N3)cc21. The van der Waals surface area contributed by atoms with Crippen LogP contribution in [0.5, 0.6) is 0 Å². The average molecular weight is 798 g/mol. The first-order valence-electron chi connectivity index (χ1n) is 22.1. The van der Waals surface area contributed by atoms with Crippen molar-refractivity contribution < 1.29 is 0 Å². The summed E-state index contributed by atoms with van der Waals surface area (Å²) in [6, 6.07) is 58.4. The maximum absolute atomic E-state index is 5.58. The summed E-state index contributed by atoms with van der Waals surface area (Å²) in [6.07, 6.45) is 9.55. The van der Waals surface area contributed by atoms with E-state index in [4.69, 9.17) is 9.98 Å². The second-order valence-electron chi connectivity index (χ2n) is 18.4. The monoisotopic (exact) mass is 797 g/mol. The van der Waals surface area contributed by atoms with Crippen LogP contribution in [-0.2, 0) is 10.8 Å². The molecule has 12 rings (SSSR count). The molecule has 0 fully saturated rings. The molecule has 0 radical (unpaired) electrons. The summed E-state index contributed by atoms with van der Waals surface area (Å²) in [4.78, 5) is 11.1. The molecule has 8 aromatic rings. The van der Waals surface area contributed by atoms with Crippen LogP contribution in [0.1, 0.15) is 90.7 Å². The molecule has 4 aliphatic rings.